The normalized spacial score (nSPS) is 23.8. The van der Waals surface area contributed by atoms with E-state index in [4.69, 9.17) is 0 Å². The second-order valence-electron chi connectivity index (χ2n) is 7.09. The topological polar surface area (TPSA) is 40.6 Å². The Morgan fingerprint density at radius 3 is 2.72 bits per heavy atom. The molecular formula is C20H28N2O2S. The number of para-hydroxylation sites is 1. The van der Waals surface area contributed by atoms with E-state index in [-0.39, 0.29) is 23.8 Å². The molecule has 0 spiro atoms. The van der Waals surface area contributed by atoms with Crippen molar-refractivity contribution < 1.29 is 9.59 Å². The van der Waals surface area contributed by atoms with Gasteiger partial charge in [-0.25, -0.2) is 0 Å². The van der Waals surface area contributed by atoms with Crippen molar-refractivity contribution in [3.05, 3.63) is 24.3 Å². The number of amides is 2. The predicted molar refractivity (Wildman–Crippen MR) is 103 cm³/mol. The Morgan fingerprint density at radius 2 is 2.00 bits per heavy atom. The molecule has 1 aromatic carbocycles. The maximum atomic E-state index is 13.3. The summed E-state index contributed by atoms with van der Waals surface area (Å²) in [6.07, 6.45) is 3.23. The molecule has 0 radical (unpaired) electrons. The van der Waals surface area contributed by atoms with E-state index >= 15 is 0 Å². The zero-order valence-electron chi connectivity index (χ0n) is 15.4. The number of likely N-dealkylation sites (tertiary alicyclic amines) is 1. The van der Waals surface area contributed by atoms with Crippen LogP contribution < -0.4 is 4.90 Å². The third-order valence-corrected chi connectivity index (χ3v) is 6.64. The van der Waals surface area contributed by atoms with E-state index in [1.165, 1.54) is 4.90 Å². The summed E-state index contributed by atoms with van der Waals surface area (Å²) in [7, 11) is 0. The van der Waals surface area contributed by atoms with Crippen LogP contribution in [-0.4, -0.2) is 41.1 Å². The Balaban J connectivity index is 1.80. The van der Waals surface area contributed by atoms with Crippen LogP contribution >= 0.6 is 11.8 Å². The molecule has 1 fully saturated rings. The number of hydrogen-bond donors (Lipinski definition) is 0. The van der Waals surface area contributed by atoms with Gasteiger partial charge in [-0.15, -0.1) is 11.8 Å². The van der Waals surface area contributed by atoms with Crippen LogP contribution in [0.3, 0.4) is 0 Å². The number of nitrogens with zero attached hydrogens (tertiary/aromatic N) is 2. The van der Waals surface area contributed by atoms with Crippen LogP contribution in [0.25, 0.3) is 0 Å². The third-order valence-electron chi connectivity index (χ3n) is 5.40. The van der Waals surface area contributed by atoms with E-state index in [0.717, 1.165) is 31.5 Å². The highest BCUT2D eigenvalue weighted by Gasteiger charge is 2.39. The standard InChI is InChI=1S/C20H28N2O2S/c1-4-16(5-2)22-13-15(12-19(22)23)20(24)21-11-10-14(3)25-18-9-7-6-8-17(18)21/h6-9,14-16H,4-5,10-13H2,1-3H3. The summed E-state index contributed by atoms with van der Waals surface area (Å²) in [5.41, 5.74) is 1.01. The number of thioether (sulfide) groups is 1. The number of carbonyl (C=O) groups is 2. The van der Waals surface area contributed by atoms with Crippen LogP contribution in [0.15, 0.2) is 29.2 Å². The molecular weight excluding hydrogens is 332 g/mol. The fraction of sp³-hybridized carbons (Fsp3) is 0.600. The first-order chi connectivity index (χ1) is 12.0. The maximum Gasteiger partial charge on any atom is 0.232 e. The van der Waals surface area contributed by atoms with Gasteiger partial charge in [-0.05, 0) is 31.4 Å². The highest BCUT2D eigenvalue weighted by Crippen LogP contribution is 2.38. The van der Waals surface area contributed by atoms with Crippen molar-refractivity contribution >= 4 is 29.3 Å². The number of rotatable bonds is 4. The number of anilines is 1. The van der Waals surface area contributed by atoms with Gasteiger partial charge >= 0.3 is 0 Å². The first kappa shape index (κ1) is 18.3. The zero-order valence-corrected chi connectivity index (χ0v) is 16.2. The lowest BCUT2D eigenvalue weighted by Crippen LogP contribution is -2.40. The first-order valence-electron chi connectivity index (χ1n) is 9.41. The highest BCUT2D eigenvalue weighted by molar-refractivity contribution is 8.00. The molecule has 25 heavy (non-hydrogen) atoms. The molecule has 0 aliphatic carbocycles. The fourth-order valence-corrected chi connectivity index (χ4v) is 5.03. The van der Waals surface area contributed by atoms with Gasteiger partial charge < -0.3 is 9.80 Å². The summed E-state index contributed by atoms with van der Waals surface area (Å²) >= 11 is 1.84. The van der Waals surface area contributed by atoms with Crippen molar-refractivity contribution in [2.45, 2.75) is 62.6 Å². The van der Waals surface area contributed by atoms with E-state index in [2.05, 4.69) is 26.8 Å². The van der Waals surface area contributed by atoms with Crippen LogP contribution in [0.2, 0.25) is 0 Å². The van der Waals surface area contributed by atoms with Crippen LogP contribution in [0.5, 0.6) is 0 Å². The van der Waals surface area contributed by atoms with E-state index < -0.39 is 0 Å². The van der Waals surface area contributed by atoms with Crippen LogP contribution in [0.1, 0.15) is 46.5 Å². The van der Waals surface area contributed by atoms with Crippen LogP contribution in [-0.2, 0) is 9.59 Å². The van der Waals surface area contributed by atoms with Crippen molar-refractivity contribution in [2.75, 3.05) is 18.0 Å². The van der Waals surface area contributed by atoms with E-state index in [0.29, 0.717) is 18.2 Å². The molecule has 2 amide bonds. The first-order valence-corrected chi connectivity index (χ1v) is 10.3. The fourth-order valence-electron chi connectivity index (χ4n) is 3.92. The summed E-state index contributed by atoms with van der Waals surface area (Å²) in [6.45, 7) is 7.74. The summed E-state index contributed by atoms with van der Waals surface area (Å²) < 4.78 is 0. The molecule has 5 heteroatoms. The number of benzene rings is 1. The minimum absolute atomic E-state index is 0.115. The lowest BCUT2D eigenvalue weighted by atomic mass is 10.1. The SMILES string of the molecule is CCC(CC)N1CC(C(=O)N2CCC(C)Sc3ccccc32)CC1=O. The van der Waals surface area contributed by atoms with E-state index in [1.807, 2.05) is 39.8 Å². The Labute approximate surface area is 154 Å². The molecule has 2 heterocycles. The second kappa shape index (κ2) is 7.81. The lowest BCUT2D eigenvalue weighted by Gasteiger charge is -2.28. The van der Waals surface area contributed by atoms with Gasteiger partial charge in [0.2, 0.25) is 11.8 Å². The maximum absolute atomic E-state index is 13.3. The Hall–Kier alpha value is -1.49. The molecule has 2 aliphatic heterocycles. The Kier molecular flexibility index (Phi) is 5.72. The summed E-state index contributed by atoms with van der Waals surface area (Å²) in [4.78, 5) is 30.7. The molecule has 4 nitrogen and oxygen atoms in total. The highest BCUT2D eigenvalue weighted by atomic mass is 32.2. The molecule has 0 N–H and O–H groups in total. The van der Waals surface area contributed by atoms with Crippen molar-refractivity contribution in [3.63, 3.8) is 0 Å². The van der Waals surface area contributed by atoms with Gasteiger partial charge in [0.15, 0.2) is 0 Å². The van der Waals surface area contributed by atoms with E-state index in [1.54, 1.807) is 0 Å². The van der Waals surface area contributed by atoms with Crippen LogP contribution in [0, 0.1) is 5.92 Å². The van der Waals surface area contributed by atoms with Crippen molar-refractivity contribution in [2.24, 2.45) is 5.92 Å². The molecule has 1 saturated heterocycles. The van der Waals surface area contributed by atoms with Crippen LogP contribution in [0.4, 0.5) is 5.69 Å². The molecule has 3 rings (SSSR count). The Bertz CT molecular complexity index is 644. The third kappa shape index (κ3) is 3.71. The molecule has 0 aromatic heterocycles. The molecule has 0 bridgehead atoms. The summed E-state index contributed by atoms with van der Waals surface area (Å²) in [6, 6.07) is 8.41. The molecule has 2 aliphatic rings. The lowest BCUT2D eigenvalue weighted by molar-refractivity contribution is -0.130. The molecule has 2 atom stereocenters. The van der Waals surface area contributed by atoms with Crippen molar-refractivity contribution in [1.29, 1.82) is 0 Å². The van der Waals surface area contributed by atoms with Gasteiger partial charge in [0.1, 0.15) is 0 Å². The molecule has 1 aromatic rings. The van der Waals surface area contributed by atoms with Gasteiger partial charge in [-0.1, -0.05) is 32.9 Å². The van der Waals surface area contributed by atoms with Crippen molar-refractivity contribution in [1.82, 2.24) is 4.90 Å². The smallest absolute Gasteiger partial charge is 0.232 e. The number of fused-ring (bicyclic) bond motifs is 1. The Morgan fingerprint density at radius 1 is 1.28 bits per heavy atom. The predicted octanol–water partition coefficient (Wildman–Crippen LogP) is 3.94. The molecule has 136 valence electrons. The average molecular weight is 361 g/mol. The average Bonchev–Trinajstić information content (AvgIpc) is 2.90. The summed E-state index contributed by atoms with van der Waals surface area (Å²) in [5, 5.41) is 0.491. The second-order valence-corrected chi connectivity index (χ2v) is 8.57. The van der Waals surface area contributed by atoms with Crippen molar-refractivity contribution in [3.8, 4) is 0 Å². The van der Waals surface area contributed by atoms with Gasteiger partial charge in [-0.2, -0.15) is 0 Å². The quantitative estimate of drug-likeness (QED) is 0.816. The number of hydrogen-bond acceptors (Lipinski definition) is 3. The number of carbonyl (C=O) groups excluding carboxylic acids is 2. The molecule has 2 unspecified atom stereocenters. The largest absolute Gasteiger partial charge is 0.339 e. The minimum Gasteiger partial charge on any atom is -0.339 e. The van der Waals surface area contributed by atoms with Gasteiger partial charge in [0.25, 0.3) is 0 Å². The van der Waals surface area contributed by atoms with Gasteiger partial charge in [0, 0.05) is 35.7 Å². The molecule has 0 saturated carbocycles. The van der Waals surface area contributed by atoms with Gasteiger partial charge in [0.05, 0.1) is 11.6 Å². The zero-order chi connectivity index (χ0) is 18.0. The van der Waals surface area contributed by atoms with E-state index in [9.17, 15) is 9.59 Å². The monoisotopic (exact) mass is 360 g/mol. The summed E-state index contributed by atoms with van der Waals surface area (Å²) in [5.74, 6) is 0.0430. The van der Waals surface area contributed by atoms with Gasteiger partial charge in [-0.3, -0.25) is 9.59 Å². The minimum atomic E-state index is -0.209.